The van der Waals surface area contributed by atoms with E-state index in [9.17, 15) is 10.1 Å². The molecule has 0 N–H and O–H groups in total. The molecule has 2 aromatic heterocycles. The Labute approximate surface area is 128 Å². The zero-order valence-corrected chi connectivity index (χ0v) is 12.7. The van der Waals surface area contributed by atoms with Crippen LogP contribution in [0.3, 0.4) is 0 Å². The summed E-state index contributed by atoms with van der Waals surface area (Å²) in [5.74, 6) is 0. The van der Waals surface area contributed by atoms with E-state index in [-0.39, 0.29) is 10.6 Å². The number of nitro benzene ring substituents is 1. The summed E-state index contributed by atoms with van der Waals surface area (Å²) in [6, 6.07) is 8.35. The molecule has 0 aliphatic carbocycles. The molecule has 0 amide bonds. The number of nitro groups is 1. The second-order valence-electron chi connectivity index (χ2n) is 4.45. The third kappa shape index (κ3) is 2.19. The van der Waals surface area contributed by atoms with Crippen molar-refractivity contribution in [1.82, 2.24) is 14.6 Å². The molecule has 0 saturated heterocycles. The predicted octanol–water partition coefficient (Wildman–Crippen LogP) is 3.63. The Morgan fingerprint density at radius 3 is 2.81 bits per heavy atom. The van der Waals surface area contributed by atoms with Gasteiger partial charge in [0.15, 0.2) is 5.65 Å². The number of nitrogens with zero attached hydrogens (tertiary/aromatic N) is 4. The van der Waals surface area contributed by atoms with E-state index in [1.165, 1.54) is 6.07 Å². The van der Waals surface area contributed by atoms with Crippen molar-refractivity contribution in [2.24, 2.45) is 0 Å². The minimum atomic E-state index is -0.388. The van der Waals surface area contributed by atoms with E-state index < -0.39 is 0 Å². The molecule has 0 fully saturated rings. The van der Waals surface area contributed by atoms with Crippen molar-refractivity contribution in [2.45, 2.75) is 13.3 Å². The average Bonchev–Trinajstić information content (AvgIpc) is 2.84. The summed E-state index contributed by atoms with van der Waals surface area (Å²) in [4.78, 5) is 15.1. The number of halogens is 1. The largest absolute Gasteiger partial charge is 0.278 e. The maximum atomic E-state index is 11.2. The summed E-state index contributed by atoms with van der Waals surface area (Å²) in [7, 11) is 0. The fourth-order valence-electron chi connectivity index (χ4n) is 2.24. The fraction of sp³-hybridized carbons (Fsp3) is 0.143. The SMILES string of the molecule is CCc1nn2c(-c3ccccc3[N+](=O)[O-])ccnc2c1Br. The van der Waals surface area contributed by atoms with Gasteiger partial charge in [0.2, 0.25) is 0 Å². The Hall–Kier alpha value is -2.28. The molecule has 0 bridgehead atoms. The Bertz CT molecular complexity index is 844. The van der Waals surface area contributed by atoms with Crippen molar-refractivity contribution in [3.8, 4) is 11.3 Å². The molecule has 0 atom stereocenters. The van der Waals surface area contributed by atoms with E-state index in [0.29, 0.717) is 16.9 Å². The highest BCUT2D eigenvalue weighted by Gasteiger charge is 2.19. The van der Waals surface area contributed by atoms with Crippen LogP contribution in [0.4, 0.5) is 5.69 Å². The average molecular weight is 347 g/mol. The molecule has 0 aliphatic heterocycles. The molecule has 0 spiro atoms. The Morgan fingerprint density at radius 1 is 1.33 bits per heavy atom. The minimum Gasteiger partial charge on any atom is -0.258 e. The number of fused-ring (bicyclic) bond motifs is 1. The summed E-state index contributed by atoms with van der Waals surface area (Å²) in [6.07, 6.45) is 2.38. The van der Waals surface area contributed by atoms with Crippen LogP contribution in [-0.2, 0) is 6.42 Å². The Kier molecular flexibility index (Phi) is 3.42. The number of hydrogen-bond acceptors (Lipinski definition) is 4. The summed E-state index contributed by atoms with van der Waals surface area (Å²) < 4.78 is 2.47. The van der Waals surface area contributed by atoms with Gasteiger partial charge in [0, 0.05) is 12.3 Å². The first-order chi connectivity index (χ1) is 10.1. The Morgan fingerprint density at radius 2 is 2.10 bits per heavy atom. The molecule has 1 aromatic carbocycles. The number of hydrogen-bond donors (Lipinski definition) is 0. The van der Waals surface area contributed by atoms with Crippen LogP contribution in [0.1, 0.15) is 12.6 Å². The van der Waals surface area contributed by atoms with Crippen LogP contribution >= 0.6 is 15.9 Å². The van der Waals surface area contributed by atoms with Gasteiger partial charge in [-0.15, -0.1) is 0 Å². The molecule has 3 aromatic rings. The van der Waals surface area contributed by atoms with Gasteiger partial charge in [-0.2, -0.15) is 5.10 Å². The summed E-state index contributed by atoms with van der Waals surface area (Å²) in [5.41, 5.74) is 2.74. The zero-order chi connectivity index (χ0) is 15.0. The second-order valence-corrected chi connectivity index (χ2v) is 5.25. The van der Waals surface area contributed by atoms with E-state index in [0.717, 1.165) is 16.6 Å². The van der Waals surface area contributed by atoms with Crippen molar-refractivity contribution in [3.63, 3.8) is 0 Å². The van der Waals surface area contributed by atoms with Gasteiger partial charge in [-0.1, -0.05) is 19.1 Å². The van der Waals surface area contributed by atoms with Crippen molar-refractivity contribution < 1.29 is 4.92 Å². The molecule has 2 heterocycles. The molecule has 6 nitrogen and oxygen atoms in total. The van der Waals surface area contributed by atoms with E-state index in [4.69, 9.17) is 0 Å². The van der Waals surface area contributed by atoms with Crippen molar-refractivity contribution in [1.29, 1.82) is 0 Å². The van der Waals surface area contributed by atoms with Crippen molar-refractivity contribution >= 4 is 27.3 Å². The summed E-state index contributed by atoms with van der Waals surface area (Å²) in [5, 5.41) is 15.7. The maximum Gasteiger partial charge on any atom is 0.278 e. The number of aromatic nitrogens is 3. The van der Waals surface area contributed by atoms with Gasteiger partial charge >= 0.3 is 0 Å². The van der Waals surface area contributed by atoms with Gasteiger partial charge in [0.1, 0.15) is 0 Å². The molecule has 106 valence electrons. The van der Waals surface area contributed by atoms with Gasteiger partial charge < -0.3 is 0 Å². The highest BCUT2D eigenvalue weighted by atomic mass is 79.9. The zero-order valence-electron chi connectivity index (χ0n) is 11.2. The molecule has 0 saturated carbocycles. The fourth-order valence-corrected chi connectivity index (χ4v) is 2.87. The van der Waals surface area contributed by atoms with E-state index in [2.05, 4.69) is 26.0 Å². The lowest BCUT2D eigenvalue weighted by Gasteiger charge is -2.05. The van der Waals surface area contributed by atoms with Crippen molar-refractivity contribution in [2.75, 3.05) is 0 Å². The molecule has 3 rings (SSSR count). The lowest BCUT2D eigenvalue weighted by molar-refractivity contribution is -0.384. The van der Waals surface area contributed by atoms with Crippen LogP contribution in [0.2, 0.25) is 0 Å². The Balaban J connectivity index is 2.34. The quantitative estimate of drug-likeness (QED) is 0.536. The first kappa shape index (κ1) is 13.7. The van der Waals surface area contributed by atoms with Crippen LogP contribution < -0.4 is 0 Å². The normalized spacial score (nSPS) is 11.0. The van der Waals surface area contributed by atoms with Crippen molar-refractivity contribution in [3.05, 3.63) is 56.8 Å². The van der Waals surface area contributed by atoms with Gasteiger partial charge in [-0.05, 0) is 34.5 Å². The van der Waals surface area contributed by atoms with Crippen LogP contribution in [0.25, 0.3) is 16.9 Å². The minimum absolute atomic E-state index is 0.0506. The van der Waals surface area contributed by atoms with Gasteiger partial charge in [-0.25, -0.2) is 9.50 Å². The maximum absolute atomic E-state index is 11.2. The lowest BCUT2D eigenvalue weighted by Crippen LogP contribution is -1.99. The van der Waals surface area contributed by atoms with Crippen LogP contribution in [-0.4, -0.2) is 19.5 Å². The number of benzene rings is 1. The monoisotopic (exact) mass is 346 g/mol. The predicted molar refractivity (Wildman–Crippen MR) is 82.2 cm³/mol. The second kappa shape index (κ2) is 5.25. The van der Waals surface area contributed by atoms with Crippen LogP contribution in [0.5, 0.6) is 0 Å². The van der Waals surface area contributed by atoms with Crippen LogP contribution in [0, 0.1) is 10.1 Å². The lowest BCUT2D eigenvalue weighted by atomic mass is 10.1. The van der Waals surface area contributed by atoms with E-state index in [1.807, 2.05) is 6.92 Å². The first-order valence-electron chi connectivity index (χ1n) is 6.39. The molecule has 21 heavy (non-hydrogen) atoms. The van der Waals surface area contributed by atoms with Gasteiger partial charge in [0.05, 0.1) is 26.3 Å². The molecule has 0 aliphatic rings. The van der Waals surface area contributed by atoms with E-state index in [1.54, 1.807) is 35.0 Å². The molecule has 0 unspecified atom stereocenters. The van der Waals surface area contributed by atoms with E-state index >= 15 is 0 Å². The van der Waals surface area contributed by atoms with Gasteiger partial charge in [-0.3, -0.25) is 10.1 Å². The topological polar surface area (TPSA) is 73.3 Å². The summed E-state index contributed by atoms with van der Waals surface area (Å²) >= 11 is 3.49. The number of para-hydroxylation sites is 1. The van der Waals surface area contributed by atoms with Crippen LogP contribution in [0.15, 0.2) is 41.0 Å². The van der Waals surface area contributed by atoms with Gasteiger partial charge in [0.25, 0.3) is 5.69 Å². The number of rotatable bonds is 3. The first-order valence-corrected chi connectivity index (χ1v) is 7.18. The molecular formula is C14H11BrN4O2. The number of aryl methyl sites for hydroxylation is 1. The third-order valence-corrected chi connectivity index (χ3v) is 4.05. The molecule has 0 radical (unpaired) electrons. The molecule has 7 heteroatoms. The third-order valence-electron chi connectivity index (χ3n) is 3.24. The highest BCUT2D eigenvalue weighted by Crippen LogP contribution is 2.31. The smallest absolute Gasteiger partial charge is 0.258 e. The standard InChI is InChI=1S/C14H11BrN4O2/c1-2-10-13(15)14-16-8-7-11(18(14)17-10)9-5-3-4-6-12(9)19(20)21/h3-8H,2H2,1H3. The highest BCUT2D eigenvalue weighted by molar-refractivity contribution is 9.10. The molecular weight excluding hydrogens is 336 g/mol. The summed E-state index contributed by atoms with van der Waals surface area (Å²) in [6.45, 7) is 2.00.